The molecule has 0 spiro atoms. The zero-order valence-electron chi connectivity index (χ0n) is 18.4. The number of carbonyl (C=O) groups is 1. The molecule has 6 nitrogen and oxygen atoms in total. The van der Waals surface area contributed by atoms with Crippen LogP contribution in [0.4, 0.5) is 0 Å². The molecule has 31 heavy (non-hydrogen) atoms. The molecule has 0 amide bonds. The highest BCUT2D eigenvalue weighted by molar-refractivity contribution is 6.31. The summed E-state index contributed by atoms with van der Waals surface area (Å²) in [6, 6.07) is 7.57. The maximum absolute atomic E-state index is 13.7. The lowest BCUT2D eigenvalue weighted by atomic mass is 9.75. The van der Waals surface area contributed by atoms with Crippen LogP contribution in [0.25, 0.3) is 0 Å². The molecule has 4 heterocycles. The minimum Gasteiger partial charge on any atom is -0.375 e. The summed E-state index contributed by atoms with van der Waals surface area (Å²) in [4.78, 5) is 27.0. The van der Waals surface area contributed by atoms with E-state index in [1.54, 1.807) is 18.6 Å². The van der Waals surface area contributed by atoms with E-state index in [0.29, 0.717) is 25.1 Å². The lowest BCUT2D eigenvalue weighted by Crippen LogP contribution is -2.65. The molecule has 0 saturated carbocycles. The Balaban J connectivity index is 1.46. The quantitative estimate of drug-likeness (QED) is 0.638. The van der Waals surface area contributed by atoms with Gasteiger partial charge < -0.3 is 9.64 Å². The Morgan fingerprint density at radius 2 is 1.97 bits per heavy atom. The molecular formula is C24H31ClN4O2. The van der Waals surface area contributed by atoms with E-state index in [2.05, 4.69) is 33.6 Å². The van der Waals surface area contributed by atoms with E-state index in [-0.39, 0.29) is 11.4 Å². The van der Waals surface area contributed by atoms with Crippen molar-refractivity contribution < 1.29 is 9.53 Å². The van der Waals surface area contributed by atoms with Crippen molar-refractivity contribution >= 4 is 17.4 Å². The minimum absolute atomic E-state index is 0.126. The van der Waals surface area contributed by atoms with Crippen LogP contribution < -0.4 is 0 Å². The molecule has 4 rings (SSSR count). The Morgan fingerprint density at radius 1 is 1.16 bits per heavy atom. The lowest BCUT2D eigenvalue weighted by molar-refractivity contribution is -0.113. The average molecular weight is 443 g/mol. The fraction of sp³-hybridized carbons (Fsp3) is 0.542. The molecule has 2 saturated heterocycles. The molecule has 0 radical (unpaired) electrons. The Hall–Kier alpha value is -1.86. The number of nitrogens with zero attached hydrogens (tertiary/aromatic N) is 4. The zero-order chi connectivity index (χ0) is 21.9. The van der Waals surface area contributed by atoms with Crippen molar-refractivity contribution in [2.45, 2.75) is 44.2 Å². The number of piperazine rings is 1. The summed E-state index contributed by atoms with van der Waals surface area (Å²) >= 11 is 6.26. The average Bonchev–Trinajstić information content (AvgIpc) is 2.78. The van der Waals surface area contributed by atoms with E-state index < -0.39 is 5.54 Å². The van der Waals surface area contributed by atoms with E-state index >= 15 is 0 Å². The number of ketones is 1. The Morgan fingerprint density at radius 3 is 2.65 bits per heavy atom. The van der Waals surface area contributed by atoms with Crippen LogP contribution in [0.2, 0.25) is 5.02 Å². The molecule has 2 fully saturated rings. The number of hydrogen-bond donors (Lipinski definition) is 0. The van der Waals surface area contributed by atoms with Crippen LogP contribution in [0.5, 0.6) is 0 Å². The third kappa shape index (κ3) is 4.98. The van der Waals surface area contributed by atoms with Gasteiger partial charge in [-0.1, -0.05) is 17.7 Å². The number of aromatic nitrogens is 2. The van der Waals surface area contributed by atoms with Gasteiger partial charge in [0.1, 0.15) is 5.69 Å². The second kappa shape index (κ2) is 9.33. The first-order chi connectivity index (χ1) is 14.9. The highest BCUT2D eigenvalue weighted by Crippen LogP contribution is 2.39. The molecule has 2 aromatic heterocycles. The fourth-order valence-corrected chi connectivity index (χ4v) is 5.18. The second-order valence-electron chi connectivity index (χ2n) is 9.16. The van der Waals surface area contributed by atoms with Gasteiger partial charge in [0.2, 0.25) is 5.78 Å². The highest BCUT2D eigenvalue weighted by atomic mass is 35.5. The number of Topliss-reactive ketones (excluding diaryl/α,β-unsaturated/α-hetero) is 1. The molecule has 0 bridgehead atoms. The van der Waals surface area contributed by atoms with Crippen LogP contribution in [-0.4, -0.2) is 76.0 Å². The van der Waals surface area contributed by atoms with Crippen LogP contribution in [0.1, 0.15) is 42.7 Å². The van der Waals surface area contributed by atoms with Crippen LogP contribution in [-0.2, 0) is 11.2 Å². The summed E-state index contributed by atoms with van der Waals surface area (Å²) in [6.07, 6.45) is 7.49. The molecule has 7 heteroatoms. The Kier molecular flexibility index (Phi) is 6.72. The first-order valence-corrected chi connectivity index (χ1v) is 11.4. The van der Waals surface area contributed by atoms with Crippen molar-refractivity contribution in [2.75, 3.05) is 39.3 Å². The normalized spacial score (nSPS) is 24.7. The molecule has 166 valence electrons. The van der Waals surface area contributed by atoms with Gasteiger partial charge in [-0.2, -0.15) is 0 Å². The van der Waals surface area contributed by atoms with E-state index in [4.69, 9.17) is 16.3 Å². The van der Waals surface area contributed by atoms with E-state index in [1.165, 1.54) is 0 Å². The zero-order valence-corrected chi connectivity index (χ0v) is 19.1. The SMILES string of the molecule is CC1(C)CC(C(=O)c2ccccn2)(N2CCN(CCc3ccncc3Cl)CC2)CCO1. The maximum atomic E-state index is 13.7. The number of pyridine rings is 2. The molecule has 1 unspecified atom stereocenters. The topological polar surface area (TPSA) is 58.6 Å². The minimum atomic E-state index is -0.559. The summed E-state index contributed by atoms with van der Waals surface area (Å²) in [7, 11) is 0. The van der Waals surface area contributed by atoms with Crippen molar-refractivity contribution in [1.29, 1.82) is 0 Å². The number of halogens is 1. The van der Waals surface area contributed by atoms with E-state index in [1.807, 2.05) is 24.3 Å². The third-order valence-electron chi connectivity index (χ3n) is 6.58. The monoisotopic (exact) mass is 442 g/mol. The van der Waals surface area contributed by atoms with Gasteiger partial charge in [0, 0.05) is 64.3 Å². The van der Waals surface area contributed by atoms with Gasteiger partial charge in [0.15, 0.2) is 0 Å². The summed E-state index contributed by atoms with van der Waals surface area (Å²) < 4.78 is 5.99. The first-order valence-electron chi connectivity index (χ1n) is 11.1. The van der Waals surface area contributed by atoms with Gasteiger partial charge >= 0.3 is 0 Å². The smallest absolute Gasteiger partial charge is 0.201 e. The maximum Gasteiger partial charge on any atom is 0.201 e. The predicted molar refractivity (Wildman–Crippen MR) is 122 cm³/mol. The molecule has 0 N–H and O–H groups in total. The van der Waals surface area contributed by atoms with Crippen molar-refractivity contribution in [3.05, 3.63) is 59.1 Å². The van der Waals surface area contributed by atoms with Crippen LogP contribution >= 0.6 is 11.6 Å². The molecule has 2 aliphatic rings. The fourth-order valence-electron chi connectivity index (χ4n) is 4.97. The Labute approximate surface area is 189 Å². The number of carbonyl (C=O) groups excluding carboxylic acids is 1. The summed E-state index contributed by atoms with van der Waals surface area (Å²) in [6.45, 7) is 9.29. The lowest BCUT2D eigenvalue weighted by Gasteiger charge is -2.52. The predicted octanol–water partition coefficient (Wildman–Crippen LogP) is 3.50. The number of rotatable bonds is 6. The number of hydrogen-bond acceptors (Lipinski definition) is 6. The molecule has 0 aliphatic carbocycles. The van der Waals surface area contributed by atoms with Gasteiger partial charge in [-0.05, 0) is 50.5 Å². The highest BCUT2D eigenvalue weighted by Gasteiger charge is 2.51. The van der Waals surface area contributed by atoms with Gasteiger partial charge in [-0.15, -0.1) is 0 Å². The third-order valence-corrected chi connectivity index (χ3v) is 6.92. The standard InChI is InChI=1S/C24H31ClN4O2/c1-23(2)18-24(8-16-31-23,22(30)21-5-3-4-9-27-21)29-14-12-28(13-15-29)11-7-19-6-10-26-17-20(19)25/h3-6,9-10,17H,7-8,11-16,18H2,1-2H3. The van der Waals surface area contributed by atoms with Gasteiger partial charge in [-0.25, -0.2) is 0 Å². The van der Waals surface area contributed by atoms with Gasteiger partial charge in [-0.3, -0.25) is 19.7 Å². The summed E-state index contributed by atoms with van der Waals surface area (Å²) in [5.41, 5.74) is 0.788. The molecule has 1 atom stereocenters. The van der Waals surface area contributed by atoms with Gasteiger partial charge in [0.05, 0.1) is 16.2 Å². The van der Waals surface area contributed by atoms with Crippen molar-refractivity contribution in [3.8, 4) is 0 Å². The van der Waals surface area contributed by atoms with Crippen molar-refractivity contribution in [3.63, 3.8) is 0 Å². The summed E-state index contributed by atoms with van der Waals surface area (Å²) in [5, 5.41) is 0.727. The Bertz CT molecular complexity index is 899. The van der Waals surface area contributed by atoms with Crippen molar-refractivity contribution in [1.82, 2.24) is 19.8 Å². The van der Waals surface area contributed by atoms with Crippen molar-refractivity contribution in [2.24, 2.45) is 0 Å². The largest absolute Gasteiger partial charge is 0.375 e. The van der Waals surface area contributed by atoms with Crippen LogP contribution in [0, 0.1) is 0 Å². The first kappa shape index (κ1) is 22.3. The molecule has 0 aromatic carbocycles. The summed E-state index contributed by atoms with van der Waals surface area (Å²) in [5.74, 6) is 0.126. The molecular weight excluding hydrogens is 412 g/mol. The van der Waals surface area contributed by atoms with Crippen LogP contribution in [0.3, 0.4) is 0 Å². The van der Waals surface area contributed by atoms with Gasteiger partial charge in [0.25, 0.3) is 0 Å². The number of ether oxygens (including phenoxy) is 1. The van der Waals surface area contributed by atoms with E-state index in [9.17, 15) is 4.79 Å². The second-order valence-corrected chi connectivity index (χ2v) is 9.56. The molecule has 2 aliphatic heterocycles. The molecule has 2 aromatic rings. The van der Waals surface area contributed by atoms with E-state index in [0.717, 1.165) is 49.7 Å². The van der Waals surface area contributed by atoms with Crippen LogP contribution in [0.15, 0.2) is 42.9 Å².